The van der Waals surface area contributed by atoms with Crippen molar-refractivity contribution in [3.63, 3.8) is 0 Å². The van der Waals surface area contributed by atoms with Crippen LogP contribution in [0.4, 0.5) is 0 Å². The Hall–Kier alpha value is -0.910. The third kappa shape index (κ3) is 4.08. The Kier molecular flexibility index (Phi) is 5.16. The van der Waals surface area contributed by atoms with E-state index in [4.69, 9.17) is 4.74 Å². The molecule has 5 heteroatoms. The van der Waals surface area contributed by atoms with Crippen LogP contribution in [0.25, 0.3) is 0 Å². The summed E-state index contributed by atoms with van der Waals surface area (Å²) in [6, 6.07) is 9.59. The fourth-order valence-corrected chi connectivity index (χ4v) is 2.70. The van der Waals surface area contributed by atoms with E-state index in [2.05, 4.69) is 5.32 Å². The first-order chi connectivity index (χ1) is 8.75. The van der Waals surface area contributed by atoms with Crippen molar-refractivity contribution in [2.45, 2.75) is 18.9 Å². The number of hydrogen-bond acceptors (Lipinski definition) is 4. The summed E-state index contributed by atoms with van der Waals surface area (Å²) in [7, 11) is 0. The number of rotatable bonds is 6. The van der Waals surface area contributed by atoms with E-state index in [1.54, 1.807) is 0 Å². The Bertz CT molecular complexity index is 379. The van der Waals surface area contributed by atoms with Crippen LogP contribution in [0.5, 0.6) is 5.75 Å². The minimum atomic E-state index is -1.99. The number of para-hydroxylation sites is 1. The van der Waals surface area contributed by atoms with Gasteiger partial charge < -0.3 is 14.6 Å². The van der Waals surface area contributed by atoms with Crippen LogP contribution in [0, 0.1) is 5.92 Å². The Balaban J connectivity index is 1.97. The SMILES string of the molecule is O=S([O-])CCC(Oc1ccccc1)C1CCNC1. The van der Waals surface area contributed by atoms with Gasteiger partial charge >= 0.3 is 0 Å². The van der Waals surface area contributed by atoms with Crippen molar-refractivity contribution < 1.29 is 13.5 Å². The van der Waals surface area contributed by atoms with Gasteiger partial charge in [-0.15, -0.1) is 0 Å². The summed E-state index contributed by atoms with van der Waals surface area (Å²) in [6.45, 7) is 1.89. The molecule has 2 rings (SSSR count). The maximum absolute atomic E-state index is 10.7. The monoisotopic (exact) mass is 268 g/mol. The lowest BCUT2D eigenvalue weighted by Gasteiger charge is -2.24. The lowest BCUT2D eigenvalue weighted by Crippen LogP contribution is -2.30. The predicted octanol–water partition coefficient (Wildman–Crippen LogP) is 1.31. The first-order valence-electron chi connectivity index (χ1n) is 6.24. The molecule has 1 heterocycles. The van der Waals surface area contributed by atoms with Crippen molar-refractivity contribution in [1.82, 2.24) is 5.32 Å². The number of nitrogens with one attached hydrogen (secondary N) is 1. The van der Waals surface area contributed by atoms with Crippen LogP contribution in [0.2, 0.25) is 0 Å². The third-order valence-electron chi connectivity index (χ3n) is 3.22. The summed E-state index contributed by atoms with van der Waals surface area (Å²) in [4.78, 5) is 0. The van der Waals surface area contributed by atoms with Gasteiger partial charge in [0.1, 0.15) is 11.9 Å². The van der Waals surface area contributed by atoms with Crippen LogP contribution in [-0.4, -0.2) is 33.7 Å². The molecule has 1 aliphatic heterocycles. The number of ether oxygens (including phenoxy) is 1. The summed E-state index contributed by atoms with van der Waals surface area (Å²) >= 11 is -1.99. The fourth-order valence-electron chi connectivity index (χ4n) is 2.27. The van der Waals surface area contributed by atoms with E-state index in [1.807, 2.05) is 30.3 Å². The molecule has 3 unspecified atom stereocenters. The van der Waals surface area contributed by atoms with Crippen molar-refractivity contribution in [2.24, 2.45) is 5.92 Å². The van der Waals surface area contributed by atoms with Gasteiger partial charge in [0, 0.05) is 18.2 Å². The molecule has 4 nitrogen and oxygen atoms in total. The highest BCUT2D eigenvalue weighted by Gasteiger charge is 2.26. The average Bonchev–Trinajstić information content (AvgIpc) is 2.89. The minimum absolute atomic E-state index is 0.0275. The first kappa shape index (κ1) is 13.5. The van der Waals surface area contributed by atoms with Crippen LogP contribution in [0.1, 0.15) is 12.8 Å². The van der Waals surface area contributed by atoms with E-state index < -0.39 is 11.1 Å². The maximum Gasteiger partial charge on any atom is 0.119 e. The van der Waals surface area contributed by atoms with Gasteiger partial charge in [0.05, 0.1) is 0 Å². The Morgan fingerprint density at radius 2 is 2.22 bits per heavy atom. The maximum atomic E-state index is 10.7. The lowest BCUT2D eigenvalue weighted by molar-refractivity contribution is 0.139. The summed E-state index contributed by atoms with van der Waals surface area (Å²) in [5, 5.41) is 3.29. The summed E-state index contributed by atoms with van der Waals surface area (Å²) in [6.07, 6.45) is 1.57. The molecule has 1 aromatic rings. The van der Waals surface area contributed by atoms with Crippen LogP contribution >= 0.6 is 0 Å². The molecule has 0 spiro atoms. The van der Waals surface area contributed by atoms with Gasteiger partial charge in [-0.3, -0.25) is 4.21 Å². The Labute approximate surface area is 110 Å². The van der Waals surface area contributed by atoms with E-state index in [9.17, 15) is 8.76 Å². The summed E-state index contributed by atoms with van der Waals surface area (Å²) < 4.78 is 27.3. The molecule has 0 amide bonds. The summed E-state index contributed by atoms with van der Waals surface area (Å²) in [5.74, 6) is 1.37. The van der Waals surface area contributed by atoms with Crippen molar-refractivity contribution in [1.29, 1.82) is 0 Å². The topological polar surface area (TPSA) is 61.4 Å². The molecular formula is C13H18NO3S-. The van der Waals surface area contributed by atoms with Crippen molar-refractivity contribution in [2.75, 3.05) is 18.8 Å². The molecule has 0 aliphatic carbocycles. The van der Waals surface area contributed by atoms with Gasteiger partial charge in [0.15, 0.2) is 0 Å². The average molecular weight is 268 g/mol. The van der Waals surface area contributed by atoms with Gasteiger partial charge in [-0.25, -0.2) is 0 Å². The molecule has 0 aromatic heterocycles. The van der Waals surface area contributed by atoms with Gasteiger partial charge in [-0.1, -0.05) is 29.3 Å². The second-order valence-electron chi connectivity index (χ2n) is 4.52. The molecular weight excluding hydrogens is 250 g/mol. The molecule has 1 aliphatic rings. The largest absolute Gasteiger partial charge is 0.772 e. The third-order valence-corrected chi connectivity index (χ3v) is 3.79. The highest BCUT2D eigenvalue weighted by molar-refractivity contribution is 7.79. The van der Waals surface area contributed by atoms with Crippen LogP contribution in [0.3, 0.4) is 0 Å². The minimum Gasteiger partial charge on any atom is -0.772 e. The second kappa shape index (κ2) is 6.87. The molecule has 1 N–H and O–H groups in total. The predicted molar refractivity (Wildman–Crippen MR) is 70.2 cm³/mol. The first-order valence-corrected chi connectivity index (χ1v) is 7.48. The summed E-state index contributed by atoms with van der Waals surface area (Å²) in [5.41, 5.74) is 0. The Morgan fingerprint density at radius 1 is 1.44 bits per heavy atom. The normalized spacial score (nSPS) is 22.6. The van der Waals surface area contributed by atoms with E-state index >= 15 is 0 Å². The molecule has 0 radical (unpaired) electrons. The highest BCUT2D eigenvalue weighted by atomic mass is 32.2. The zero-order valence-electron chi connectivity index (χ0n) is 10.2. The van der Waals surface area contributed by atoms with E-state index in [1.165, 1.54) is 0 Å². The molecule has 1 saturated heterocycles. The van der Waals surface area contributed by atoms with Gasteiger partial charge in [-0.05, 0) is 31.5 Å². The molecule has 18 heavy (non-hydrogen) atoms. The Morgan fingerprint density at radius 3 is 2.83 bits per heavy atom. The number of hydrogen-bond donors (Lipinski definition) is 1. The highest BCUT2D eigenvalue weighted by Crippen LogP contribution is 2.22. The van der Waals surface area contributed by atoms with Gasteiger partial charge in [-0.2, -0.15) is 0 Å². The molecule has 3 atom stereocenters. The zero-order chi connectivity index (χ0) is 12.8. The van der Waals surface area contributed by atoms with Crippen molar-refractivity contribution >= 4 is 11.1 Å². The van der Waals surface area contributed by atoms with Gasteiger partial charge in [0.25, 0.3) is 0 Å². The lowest BCUT2D eigenvalue weighted by atomic mass is 9.99. The molecule has 1 fully saturated rings. The van der Waals surface area contributed by atoms with Gasteiger partial charge in [0.2, 0.25) is 0 Å². The standard InChI is InChI=1S/C13H19NO3S/c15-18(16)9-7-13(11-6-8-14-10-11)17-12-4-2-1-3-5-12/h1-5,11,13-14H,6-10H2,(H,15,16)/p-1. The molecule has 0 saturated carbocycles. The molecule has 1 aromatic carbocycles. The van der Waals surface area contributed by atoms with E-state index in [-0.39, 0.29) is 11.9 Å². The van der Waals surface area contributed by atoms with E-state index in [0.29, 0.717) is 12.3 Å². The van der Waals surface area contributed by atoms with Crippen molar-refractivity contribution in [3.05, 3.63) is 30.3 Å². The molecule has 100 valence electrons. The fraction of sp³-hybridized carbons (Fsp3) is 0.538. The van der Waals surface area contributed by atoms with Crippen molar-refractivity contribution in [3.8, 4) is 5.75 Å². The second-order valence-corrected chi connectivity index (χ2v) is 5.53. The van der Waals surface area contributed by atoms with E-state index in [0.717, 1.165) is 25.3 Å². The van der Waals surface area contributed by atoms with Crippen LogP contribution in [-0.2, 0) is 11.1 Å². The molecule has 0 bridgehead atoms. The van der Waals surface area contributed by atoms with Crippen LogP contribution < -0.4 is 10.1 Å². The number of benzene rings is 1. The smallest absolute Gasteiger partial charge is 0.119 e. The van der Waals surface area contributed by atoms with Crippen LogP contribution in [0.15, 0.2) is 30.3 Å². The zero-order valence-corrected chi connectivity index (χ0v) is 11.0. The quantitative estimate of drug-likeness (QED) is 0.790.